The second-order valence-electron chi connectivity index (χ2n) is 13.7. The lowest BCUT2D eigenvalue weighted by Gasteiger charge is -2.35. The molecule has 0 saturated carbocycles. The molecule has 56 heavy (non-hydrogen) atoms. The van der Waals surface area contributed by atoms with Gasteiger partial charge in [0.1, 0.15) is 36.7 Å². The van der Waals surface area contributed by atoms with E-state index >= 15 is 4.39 Å². The maximum Gasteiger partial charge on any atom is 0.410 e. The van der Waals surface area contributed by atoms with Gasteiger partial charge in [0.15, 0.2) is 0 Å². The average molecular weight is 773 g/mol. The lowest BCUT2D eigenvalue weighted by molar-refractivity contribution is -0.128. The Morgan fingerprint density at radius 3 is 2.11 bits per heavy atom. The Labute approximate surface area is 322 Å². The first-order chi connectivity index (χ1) is 26.7. The molecule has 1 aliphatic heterocycles. The molecule has 4 aromatic rings. The summed E-state index contributed by atoms with van der Waals surface area (Å²) in [5.74, 6) is -3.36. The van der Waals surface area contributed by atoms with Gasteiger partial charge in [-0.2, -0.15) is 0 Å². The van der Waals surface area contributed by atoms with Crippen LogP contribution in [0, 0.1) is 11.7 Å². The molecule has 2 heterocycles. The first-order valence-corrected chi connectivity index (χ1v) is 18.2. The summed E-state index contributed by atoms with van der Waals surface area (Å²) in [6.07, 6.45) is -0.0481. The second kappa shape index (κ2) is 18.3. The minimum atomic E-state index is -1.38. The second-order valence-corrected chi connectivity index (χ2v) is 13.7. The molecule has 3 aromatic carbocycles. The number of aryl methyl sites for hydroxylation is 1. The molecule has 2 unspecified atom stereocenters. The number of anilines is 2. The number of aromatic carboxylic acids is 1. The van der Waals surface area contributed by atoms with Gasteiger partial charge in [0.25, 0.3) is 0 Å². The number of piperazine rings is 1. The first kappa shape index (κ1) is 40.7. The highest BCUT2D eigenvalue weighted by molar-refractivity contribution is 5.98. The molecular weight excluding hydrogens is 727 g/mol. The Morgan fingerprint density at radius 2 is 1.48 bits per heavy atom. The third-order valence-electron chi connectivity index (χ3n) is 9.37. The van der Waals surface area contributed by atoms with Gasteiger partial charge in [0, 0.05) is 50.0 Å². The number of nitrogens with zero attached hydrogens (tertiary/aromatic N) is 3. The van der Waals surface area contributed by atoms with Gasteiger partial charge in [0.05, 0.1) is 11.2 Å². The van der Waals surface area contributed by atoms with Crippen LogP contribution in [0.1, 0.15) is 49.2 Å². The molecule has 1 aliphatic rings. The van der Waals surface area contributed by atoms with Crippen LogP contribution in [0.25, 0.3) is 10.9 Å². The van der Waals surface area contributed by atoms with Crippen LogP contribution in [0.3, 0.4) is 0 Å². The van der Waals surface area contributed by atoms with Crippen molar-refractivity contribution in [3.05, 3.63) is 106 Å². The zero-order valence-electron chi connectivity index (χ0n) is 31.5. The normalized spacial score (nSPS) is 13.8. The summed E-state index contributed by atoms with van der Waals surface area (Å²) in [5, 5.41) is 17.3. The Bertz CT molecular complexity index is 2130. The van der Waals surface area contributed by atoms with E-state index < -0.39 is 58.9 Å². The maximum absolute atomic E-state index is 15.3. The molecule has 1 fully saturated rings. The molecule has 16 heteroatoms. The van der Waals surface area contributed by atoms with Crippen molar-refractivity contribution in [3.63, 3.8) is 0 Å². The number of hydrogen-bond acceptors (Lipinski definition) is 9. The standard InChI is InChI=1S/C40H45FN6O9/c1-5-45-21-30(38(51)52)35(48)29-19-31(41)33(20-32(29)45)46-15-17-47(18-16-46)40(54)56-23-27-11-13-28(14-12-27)43-36(49)25(4)42-37(50)34(24(2)3)44-39(53)55-22-26-9-7-6-8-10-26/h6-14,19-21,24-25,34H,5,15-18,22-23H2,1-4H3,(H,42,50)(H,43,49)(H,44,53)(H,51,52). The molecule has 0 spiro atoms. The Balaban J connectivity index is 1.07. The van der Waals surface area contributed by atoms with Crippen LogP contribution in [0.2, 0.25) is 0 Å². The number of carbonyl (C=O) groups is 5. The summed E-state index contributed by atoms with van der Waals surface area (Å²) in [4.78, 5) is 78.7. The van der Waals surface area contributed by atoms with Crippen molar-refractivity contribution in [2.75, 3.05) is 36.4 Å². The molecule has 296 valence electrons. The molecule has 0 aliphatic carbocycles. The van der Waals surface area contributed by atoms with Gasteiger partial charge in [-0.15, -0.1) is 0 Å². The topological polar surface area (TPSA) is 189 Å². The molecule has 1 saturated heterocycles. The number of amides is 4. The number of rotatable bonds is 13. The first-order valence-electron chi connectivity index (χ1n) is 18.2. The number of halogens is 1. The average Bonchev–Trinajstić information content (AvgIpc) is 3.19. The van der Waals surface area contributed by atoms with Crippen LogP contribution < -0.4 is 26.3 Å². The number of carboxylic acid groups (broad SMARTS) is 1. The van der Waals surface area contributed by atoms with Crippen LogP contribution in [-0.2, 0) is 38.8 Å². The van der Waals surface area contributed by atoms with Gasteiger partial charge < -0.3 is 44.9 Å². The number of benzene rings is 3. The van der Waals surface area contributed by atoms with Crippen molar-refractivity contribution in [2.24, 2.45) is 5.92 Å². The maximum atomic E-state index is 15.3. The zero-order chi connectivity index (χ0) is 40.5. The van der Waals surface area contributed by atoms with Crippen LogP contribution >= 0.6 is 0 Å². The van der Waals surface area contributed by atoms with Gasteiger partial charge in [-0.05, 0) is 55.2 Å². The summed E-state index contributed by atoms with van der Waals surface area (Å²) < 4.78 is 27.6. The summed E-state index contributed by atoms with van der Waals surface area (Å²) in [6.45, 7) is 8.30. The van der Waals surface area contributed by atoms with Crippen LogP contribution in [0.4, 0.5) is 25.4 Å². The predicted molar refractivity (Wildman–Crippen MR) is 206 cm³/mol. The number of hydrogen-bond donors (Lipinski definition) is 4. The van der Waals surface area contributed by atoms with E-state index in [1.54, 1.807) is 54.5 Å². The summed E-state index contributed by atoms with van der Waals surface area (Å²) >= 11 is 0. The number of nitrogens with one attached hydrogen (secondary N) is 3. The monoisotopic (exact) mass is 772 g/mol. The number of aromatic nitrogens is 1. The van der Waals surface area contributed by atoms with E-state index in [9.17, 15) is 33.9 Å². The highest BCUT2D eigenvalue weighted by atomic mass is 19.1. The van der Waals surface area contributed by atoms with Crippen molar-refractivity contribution >= 4 is 52.2 Å². The number of carboxylic acids is 1. The molecule has 5 rings (SSSR count). The summed E-state index contributed by atoms with van der Waals surface area (Å²) in [6, 6.07) is 16.5. The van der Waals surface area contributed by atoms with Crippen LogP contribution in [-0.4, -0.2) is 82.8 Å². The van der Waals surface area contributed by atoms with E-state index in [4.69, 9.17) is 9.47 Å². The number of carbonyl (C=O) groups excluding carboxylic acids is 4. The van der Waals surface area contributed by atoms with Crippen molar-refractivity contribution < 1.29 is 42.9 Å². The van der Waals surface area contributed by atoms with Gasteiger partial charge >= 0.3 is 18.2 Å². The zero-order valence-corrected chi connectivity index (χ0v) is 31.5. The van der Waals surface area contributed by atoms with E-state index in [0.29, 0.717) is 36.4 Å². The van der Waals surface area contributed by atoms with E-state index in [0.717, 1.165) is 11.6 Å². The fourth-order valence-corrected chi connectivity index (χ4v) is 6.15. The molecule has 2 atom stereocenters. The molecule has 15 nitrogen and oxygen atoms in total. The van der Waals surface area contributed by atoms with Crippen molar-refractivity contribution in [2.45, 2.75) is 59.5 Å². The van der Waals surface area contributed by atoms with Crippen molar-refractivity contribution in [1.29, 1.82) is 0 Å². The van der Waals surface area contributed by atoms with Gasteiger partial charge in [-0.25, -0.2) is 18.8 Å². The number of pyridine rings is 1. The third-order valence-corrected chi connectivity index (χ3v) is 9.37. The number of ether oxygens (including phenoxy) is 2. The highest BCUT2D eigenvalue weighted by Gasteiger charge is 2.28. The van der Waals surface area contributed by atoms with E-state index in [2.05, 4.69) is 16.0 Å². The third kappa shape index (κ3) is 9.99. The molecule has 4 amide bonds. The highest BCUT2D eigenvalue weighted by Crippen LogP contribution is 2.27. The Morgan fingerprint density at radius 1 is 0.839 bits per heavy atom. The molecule has 4 N–H and O–H groups in total. The smallest absolute Gasteiger partial charge is 0.410 e. The van der Waals surface area contributed by atoms with Crippen molar-refractivity contribution in [3.8, 4) is 0 Å². The molecular formula is C40H45FN6O9. The SMILES string of the molecule is CCn1cc(C(=O)O)c(=O)c2cc(F)c(N3CCN(C(=O)OCc4ccc(NC(=O)C(C)NC(=O)C(NC(=O)OCc5ccccc5)C(C)C)cc4)CC3)cc21. The van der Waals surface area contributed by atoms with Crippen LogP contribution in [0.5, 0.6) is 0 Å². The number of alkyl carbamates (subject to hydrolysis) is 1. The van der Waals surface area contributed by atoms with Crippen LogP contribution in [0.15, 0.2) is 77.7 Å². The Kier molecular flexibility index (Phi) is 13.3. The number of fused-ring (bicyclic) bond motifs is 1. The van der Waals surface area contributed by atoms with E-state index in [-0.39, 0.29) is 43.3 Å². The minimum Gasteiger partial charge on any atom is -0.477 e. The largest absolute Gasteiger partial charge is 0.477 e. The lowest BCUT2D eigenvalue weighted by atomic mass is 10.0. The fraction of sp³-hybridized carbons (Fsp3) is 0.350. The summed E-state index contributed by atoms with van der Waals surface area (Å²) in [7, 11) is 0. The minimum absolute atomic E-state index is 0.0196. The predicted octanol–water partition coefficient (Wildman–Crippen LogP) is 4.71. The van der Waals surface area contributed by atoms with Gasteiger partial charge in [-0.1, -0.05) is 56.3 Å². The molecule has 1 aromatic heterocycles. The fourth-order valence-electron chi connectivity index (χ4n) is 6.15. The van der Waals surface area contributed by atoms with Gasteiger partial charge in [0.2, 0.25) is 17.2 Å². The van der Waals surface area contributed by atoms with Crippen molar-refractivity contribution in [1.82, 2.24) is 20.1 Å². The summed E-state index contributed by atoms with van der Waals surface area (Å²) in [5.41, 5.74) is 1.38. The van der Waals surface area contributed by atoms with E-state index in [1.165, 1.54) is 24.1 Å². The molecule has 0 radical (unpaired) electrons. The molecule has 0 bridgehead atoms. The lowest BCUT2D eigenvalue weighted by Crippen LogP contribution is -2.53. The quantitative estimate of drug-likeness (QED) is 0.148. The van der Waals surface area contributed by atoms with Gasteiger partial charge in [-0.3, -0.25) is 14.4 Å². The van der Waals surface area contributed by atoms with E-state index in [1.807, 2.05) is 30.3 Å². The Hall–Kier alpha value is -6.45.